The predicted octanol–water partition coefficient (Wildman–Crippen LogP) is 3.24. The molecular formula is C16H17N5O2S. The van der Waals surface area contributed by atoms with Gasteiger partial charge in [-0.15, -0.1) is 11.3 Å². The molecular weight excluding hydrogens is 326 g/mol. The maximum atomic E-state index is 10.7. The van der Waals surface area contributed by atoms with Crippen LogP contribution in [-0.4, -0.2) is 37.7 Å². The second-order valence-corrected chi connectivity index (χ2v) is 7.11. The Morgan fingerprint density at radius 3 is 2.79 bits per heavy atom. The Bertz CT molecular complexity index is 833. The van der Waals surface area contributed by atoms with Crippen LogP contribution in [0.4, 0.5) is 5.69 Å². The molecule has 0 spiro atoms. The lowest BCUT2D eigenvalue weighted by molar-refractivity contribution is -0.385. The van der Waals surface area contributed by atoms with Crippen LogP contribution in [0.25, 0.3) is 10.2 Å². The van der Waals surface area contributed by atoms with Crippen LogP contribution in [0.15, 0.2) is 36.7 Å². The lowest BCUT2D eigenvalue weighted by Crippen LogP contribution is -2.34. The van der Waals surface area contributed by atoms with E-state index in [0.717, 1.165) is 31.4 Å². The normalized spacial score (nSPS) is 16.7. The molecule has 8 heteroatoms. The highest BCUT2D eigenvalue weighted by molar-refractivity contribution is 7.18. The van der Waals surface area contributed by atoms with Crippen LogP contribution in [0.3, 0.4) is 0 Å². The number of fused-ring (bicyclic) bond motifs is 1. The van der Waals surface area contributed by atoms with Crippen molar-refractivity contribution in [1.82, 2.24) is 19.7 Å². The Balaban J connectivity index is 1.38. The quantitative estimate of drug-likeness (QED) is 0.537. The highest BCUT2D eigenvalue weighted by atomic mass is 32.1. The summed E-state index contributed by atoms with van der Waals surface area (Å²) < 4.78 is 2.88. The third-order valence-corrected chi connectivity index (χ3v) is 5.62. The van der Waals surface area contributed by atoms with Gasteiger partial charge in [0.2, 0.25) is 0 Å². The second-order valence-electron chi connectivity index (χ2n) is 6.05. The fraction of sp³-hybridized carbons (Fsp3) is 0.375. The van der Waals surface area contributed by atoms with E-state index in [2.05, 4.69) is 28.2 Å². The van der Waals surface area contributed by atoms with Crippen LogP contribution in [0, 0.1) is 10.1 Å². The van der Waals surface area contributed by atoms with Gasteiger partial charge in [-0.2, -0.15) is 5.10 Å². The zero-order valence-electron chi connectivity index (χ0n) is 13.0. The number of nitrogens with zero attached hydrogens (tertiary/aromatic N) is 5. The summed E-state index contributed by atoms with van der Waals surface area (Å²) in [4.78, 5) is 17.4. The van der Waals surface area contributed by atoms with Crippen LogP contribution in [-0.2, 0) is 6.67 Å². The Hall–Kier alpha value is -2.32. The van der Waals surface area contributed by atoms with Gasteiger partial charge in [-0.1, -0.05) is 12.1 Å². The molecule has 0 atom stereocenters. The molecule has 1 aliphatic heterocycles. The predicted molar refractivity (Wildman–Crippen MR) is 92.0 cm³/mol. The molecule has 0 amide bonds. The van der Waals surface area contributed by atoms with Crippen LogP contribution >= 0.6 is 11.3 Å². The van der Waals surface area contributed by atoms with E-state index in [0.29, 0.717) is 12.6 Å². The van der Waals surface area contributed by atoms with Gasteiger partial charge in [0.25, 0.3) is 0 Å². The lowest BCUT2D eigenvalue weighted by Gasteiger charge is -2.30. The molecule has 0 saturated carbocycles. The van der Waals surface area contributed by atoms with Crippen molar-refractivity contribution in [3.05, 3.63) is 51.8 Å². The molecule has 1 aromatic carbocycles. The van der Waals surface area contributed by atoms with E-state index in [4.69, 9.17) is 4.98 Å². The smallest absolute Gasteiger partial charge is 0.284 e. The van der Waals surface area contributed by atoms with Crippen LogP contribution in [0.2, 0.25) is 0 Å². The Labute approximate surface area is 142 Å². The van der Waals surface area contributed by atoms with E-state index >= 15 is 0 Å². The van der Waals surface area contributed by atoms with E-state index in [-0.39, 0.29) is 5.69 Å². The Morgan fingerprint density at radius 2 is 2.08 bits per heavy atom. The van der Waals surface area contributed by atoms with Crippen molar-refractivity contribution in [3.63, 3.8) is 0 Å². The average molecular weight is 343 g/mol. The molecule has 4 rings (SSSR count). The molecule has 0 aliphatic carbocycles. The molecule has 1 saturated heterocycles. The number of piperidine rings is 1. The van der Waals surface area contributed by atoms with Gasteiger partial charge in [-0.05, 0) is 25.0 Å². The van der Waals surface area contributed by atoms with Gasteiger partial charge in [0.1, 0.15) is 12.4 Å². The van der Waals surface area contributed by atoms with Crippen molar-refractivity contribution >= 4 is 27.2 Å². The fourth-order valence-electron chi connectivity index (χ4n) is 3.12. The second kappa shape index (κ2) is 6.29. The third-order valence-electron chi connectivity index (χ3n) is 4.42. The molecule has 0 unspecified atom stereocenters. The molecule has 1 aliphatic rings. The summed E-state index contributed by atoms with van der Waals surface area (Å²) in [7, 11) is 0. The van der Waals surface area contributed by atoms with Crippen molar-refractivity contribution in [2.24, 2.45) is 0 Å². The molecule has 1 fully saturated rings. The standard InChI is InChI=1S/C16H17N5O2S/c22-21(23)13-9-17-20(10-13)11-19-7-5-12(6-8-19)16-18-14-3-1-2-4-15(14)24-16/h1-4,9-10,12H,5-8,11H2. The lowest BCUT2D eigenvalue weighted by atomic mass is 9.98. The number of aromatic nitrogens is 3. The molecule has 3 heterocycles. The monoisotopic (exact) mass is 343 g/mol. The number of para-hydroxylation sites is 1. The largest absolute Gasteiger partial charge is 0.307 e. The van der Waals surface area contributed by atoms with Crippen LogP contribution in [0.1, 0.15) is 23.8 Å². The highest BCUT2D eigenvalue weighted by Crippen LogP contribution is 2.33. The van der Waals surface area contributed by atoms with E-state index in [9.17, 15) is 10.1 Å². The van der Waals surface area contributed by atoms with E-state index in [1.165, 1.54) is 22.1 Å². The Morgan fingerprint density at radius 1 is 1.29 bits per heavy atom. The number of benzene rings is 1. The van der Waals surface area contributed by atoms with Gasteiger partial charge in [0, 0.05) is 19.0 Å². The first kappa shape index (κ1) is 15.2. The van der Waals surface area contributed by atoms with Crippen molar-refractivity contribution in [2.75, 3.05) is 13.1 Å². The summed E-state index contributed by atoms with van der Waals surface area (Å²) in [6.07, 6.45) is 4.90. The summed E-state index contributed by atoms with van der Waals surface area (Å²) in [6.45, 7) is 2.50. The minimum Gasteiger partial charge on any atom is -0.284 e. The summed E-state index contributed by atoms with van der Waals surface area (Å²) >= 11 is 1.79. The first-order valence-electron chi connectivity index (χ1n) is 7.94. The SMILES string of the molecule is O=[N+]([O-])c1cnn(CN2CCC(c3nc4ccccc4s3)CC2)c1. The topological polar surface area (TPSA) is 77.1 Å². The molecule has 0 bridgehead atoms. The third kappa shape index (κ3) is 3.02. The summed E-state index contributed by atoms with van der Waals surface area (Å²) in [6, 6.07) is 8.26. The number of likely N-dealkylation sites (tertiary alicyclic amines) is 1. The van der Waals surface area contributed by atoms with Crippen molar-refractivity contribution < 1.29 is 4.92 Å². The Kier molecular flexibility index (Phi) is 3.99. The van der Waals surface area contributed by atoms with E-state index < -0.39 is 4.92 Å². The van der Waals surface area contributed by atoms with Gasteiger partial charge in [-0.3, -0.25) is 19.7 Å². The van der Waals surface area contributed by atoms with Gasteiger partial charge in [0.05, 0.1) is 26.8 Å². The molecule has 0 radical (unpaired) electrons. The fourth-order valence-corrected chi connectivity index (χ4v) is 4.25. The summed E-state index contributed by atoms with van der Waals surface area (Å²) in [5.41, 5.74) is 1.13. The first-order chi connectivity index (χ1) is 11.7. The maximum Gasteiger partial charge on any atom is 0.307 e. The van der Waals surface area contributed by atoms with Gasteiger partial charge < -0.3 is 0 Å². The number of rotatable bonds is 4. The molecule has 0 N–H and O–H groups in total. The molecule has 124 valence electrons. The zero-order chi connectivity index (χ0) is 16.5. The van der Waals surface area contributed by atoms with Gasteiger partial charge >= 0.3 is 5.69 Å². The minimum atomic E-state index is -0.414. The molecule has 3 aromatic rings. The number of hydrogen-bond acceptors (Lipinski definition) is 6. The van der Waals surface area contributed by atoms with Crippen molar-refractivity contribution in [1.29, 1.82) is 0 Å². The number of hydrogen-bond donors (Lipinski definition) is 0. The molecule has 24 heavy (non-hydrogen) atoms. The van der Waals surface area contributed by atoms with Crippen LogP contribution < -0.4 is 0 Å². The minimum absolute atomic E-state index is 0.0411. The van der Waals surface area contributed by atoms with Crippen molar-refractivity contribution in [3.8, 4) is 0 Å². The van der Waals surface area contributed by atoms with Crippen LogP contribution in [0.5, 0.6) is 0 Å². The first-order valence-corrected chi connectivity index (χ1v) is 8.75. The van der Waals surface area contributed by atoms with E-state index in [1.54, 1.807) is 16.0 Å². The summed E-state index contributed by atoms with van der Waals surface area (Å²) in [5, 5.41) is 16.0. The number of nitro groups is 1. The number of thiazole rings is 1. The van der Waals surface area contributed by atoms with Gasteiger partial charge in [0.15, 0.2) is 0 Å². The maximum absolute atomic E-state index is 10.7. The zero-order valence-corrected chi connectivity index (χ0v) is 13.9. The van der Waals surface area contributed by atoms with Crippen molar-refractivity contribution in [2.45, 2.75) is 25.4 Å². The molecule has 2 aromatic heterocycles. The van der Waals surface area contributed by atoms with Gasteiger partial charge in [-0.25, -0.2) is 4.98 Å². The average Bonchev–Trinajstić information content (AvgIpc) is 3.22. The highest BCUT2D eigenvalue weighted by Gasteiger charge is 2.23. The molecule has 7 nitrogen and oxygen atoms in total. The van der Waals surface area contributed by atoms with E-state index in [1.807, 2.05) is 6.07 Å². The summed E-state index contributed by atoms with van der Waals surface area (Å²) in [5.74, 6) is 0.505.